The summed E-state index contributed by atoms with van der Waals surface area (Å²) in [5.41, 5.74) is 0. The van der Waals surface area contributed by atoms with E-state index in [1.165, 1.54) is 10.1 Å². The van der Waals surface area contributed by atoms with Crippen LogP contribution in [-0.2, 0) is 0 Å². The Balaban J connectivity index is 2.01. The number of rotatable bonds is 5. The van der Waals surface area contributed by atoms with Crippen LogP contribution in [0.5, 0.6) is 5.75 Å². The van der Waals surface area contributed by atoms with Gasteiger partial charge < -0.3 is 10.1 Å². The molecule has 0 bridgehead atoms. The van der Waals surface area contributed by atoms with Gasteiger partial charge in [0.15, 0.2) is 0 Å². The standard InChI is InChI=1S/C15H18N2OS/c1-2-3-10-18-13-11-6-4-5-7-12(11)19-14(13)15-16-8-9-17-15/h4-7H,2-3,8-10H2,1H3,(H,16,17). The summed E-state index contributed by atoms with van der Waals surface area (Å²) in [6, 6.07) is 8.41. The Labute approximate surface area is 117 Å². The summed E-state index contributed by atoms with van der Waals surface area (Å²) >= 11 is 1.76. The summed E-state index contributed by atoms with van der Waals surface area (Å²) in [7, 11) is 0. The molecule has 4 heteroatoms. The van der Waals surface area contributed by atoms with Gasteiger partial charge in [-0.25, -0.2) is 0 Å². The zero-order valence-corrected chi connectivity index (χ0v) is 11.9. The molecule has 0 fully saturated rings. The average Bonchev–Trinajstić information content (AvgIpc) is 3.06. The molecule has 0 amide bonds. The average molecular weight is 274 g/mol. The number of fused-ring (bicyclic) bond motifs is 1. The van der Waals surface area contributed by atoms with Gasteiger partial charge in [0, 0.05) is 16.6 Å². The van der Waals surface area contributed by atoms with Crippen molar-refractivity contribution in [3.05, 3.63) is 29.1 Å². The number of amidine groups is 1. The molecule has 19 heavy (non-hydrogen) atoms. The minimum atomic E-state index is 0.775. The highest BCUT2D eigenvalue weighted by Gasteiger charge is 2.19. The number of hydrogen-bond donors (Lipinski definition) is 1. The highest BCUT2D eigenvalue weighted by Crippen LogP contribution is 2.38. The van der Waals surface area contributed by atoms with Gasteiger partial charge in [0.05, 0.1) is 13.2 Å². The number of thiophene rings is 1. The molecule has 2 heterocycles. The van der Waals surface area contributed by atoms with Crippen LogP contribution >= 0.6 is 11.3 Å². The van der Waals surface area contributed by atoms with Crippen LogP contribution in [0.3, 0.4) is 0 Å². The van der Waals surface area contributed by atoms with E-state index < -0.39 is 0 Å². The van der Waals surface area contributed by atoms with E-state index in [0.717, 1.165) is 49.0 Å². The minimum Gasteiger partial charge on any atom is -0.491 e. The highest BCUT2D eigenvalue weighted by molar-refractivity contribution is 7.21. The Kier molecular flexibility index (Phi) is 3.69. The summed E-state index contributed by atoms with van der Waals surface area (Å²) in [5.74, 6) is 2.00. The second-order valence-corrected chi connectivity index (χ2v) is 5.67. The van der Waals surface area contributed by atoms with Crippen LogP contribution in [0.4, 0.5) is 0 Å². The van der Waals surface area contributed by atoms with E-state index in [4.69, 9.17) is 4.74 Å². The summed E-state index contributed by atoms with van der Waals surface area (Å²) < 4.78 is 7.30. The van der Waals surface area contributed by atoms with Gasteiger partial charge in [-0.2, -0.15) is 0 Å². The number of ether oxygens (including phenoxy) is 1. The third kappa shape index (κ3) is 2.45. The van der Waals surface area contributed by atoms with Gasteiger partial charge in [0.2, 0.25) is 0 Å². The molecule has 1 aromatic heterocycles. The van der Waals surface area contributed by atoms with Crippen LogP contribution in [-0.4, -0.2) is 25.5 Å². The predicted molar refractivity (Wildman–Crippen MR) is 81.6 cm³/mol. The van der Waals surface area contributed by atoms with E-state index in [2.05, 4.69) is 41.5 Å². The lowest BCUT2D eigenvalue weighted by Gasteiger charge is -2.07. The molecule has 0 atom stereocenters. The maximum absolute atomic E-state index is 6.03. The summed E-state index contributed by atoms with van der Waals surface area (Å²) in [6.45, 7) is 4.74. The lowest BCUT2D eigenvalue weighted by atomic mass is 10.2. The zero-order valence-electron chi connectivity index (χ0n) is 11.1. The van der Waals surface area contributed by atoms with Gasteiger partial charge >= 0.3 is 0 Å². The fraction of sp³-hybridized carbons (Fsp3) is 0.400. The number of nitrogens with zero attached hydrogens (tertiary/aromatic N) is 1. The maximum atomic E-state index is 6.03. The Morgan fingerprint density at radius 3 is 3.05 bits per heavy atom. The van der Waals surface area contributed by atoms with Gasteiger partial charge in [-0.1, -0.05) is 25.5 Å². The lowest BCUT2D eigenvalue weighted by molar-refractivity contribution is 0.313. The van der Waals surface area contributed by atoms with Crippen molar-refractivity contribution in [2.24, 2.45) is 4.99 Å². The minimum absolute atomic E-state index is 0.775. The number of unbranched alkanes of at least 4 members (excludes halogenated alkanes) is 1. The molecule has 100 valence electrons. The van der Waals surface area contributed by atoms with Crippen molar-refractivity contribution in [1.29, 1.82) is 0 Å². The zero-order chi connectivity index (χ0) is 13.1. The molecule has 0 unspecified atom stereocenters. The fourth-order valence-electron chi connectivity index (χ4n) is 2.19. The first-order valence-electron chi connectivity index (χ1n) is 6.83. The molecule has 1 aliphatic heterocycles. The largest absolute Gasteiger partial charge is 0.491 e. The van der Waals surface area contributed by atoms with E-state index in [1.54, 1.807) is 11.3 Å². The monoisotopic (exact) mass is 274 g/mol. The van der Waals surface area contributed by atoms with Crippen LogP contribution in [0.15, 0.2) is 29.3 Å². The molecule has 3 rings (SSSR count). The SMILES string of the molecule is CCCCOc1c(C2=NCCN2)sc2ccccc12. The van der Waals surface area contributed by atoms with Crippen LogP contribution in [0.1, 0.15) is 24.6 Å². The highest BCUT2D eigenvalue weighted by atomic mass is 32.1. The second kappa shape index (κ2) is 5.61. The first-order valence-corrected chi connectivity index (χ1v) is 7.65. The van der Waals surface area contributed by atoms with Gasteiger partial charge in [-0.3, -0.25) is 4.99 Å². The Morgan fingerprint density at radius 2 is 2.26 bits per heavy atom. The second-order valence-electron chi connectivity index (χ2n) is 4.62. The van der Waals surface area contributed by atoms with Crippen LogP contribution in [0.2, 0.25) is 0 Å². The molecule has 0 radical (unpaired) electrons. The molecule has 3 nitrogen and oxygen atoms in total. The molecular weight excluding hydrogens is 256 g/mol. The molecule has 1 aliphatic rings. The molecular formula is C15H18N2OS. The van der Waals surface area contributed by atoms with Crippen molar-refractivity contribution >= 4 is 27.3 Å². The Morgan fingerprint density at radius 1 is 1.37 bits per heavy atom. The van der Waals surface area contributed by atoms with E-state index in [-0.39, 0.29) is 0 Å². The Hall–Kier alpha value is -1.55. The van der Waals surface area contributed by atoms with E-state index >= 15 is 0 Å². The summed E-state index contributed by atoms with van der Waals surface area (Å²) in [4.78, 5) is 5.67. The van der Waals surface area contributed by atoms with E-state index in [9.17, 15) is 0 Å². The maximum Gasteiger partial charge on any atom is 0.148 e. The molecule has 2 aromatic rings. The van der Waals surface area contributed by atoms with Crippen molar-refractivity contribution in [3.63, 3.8) is 0 Å². The third-order valence-electron chi connectivity index (χ3n) is 3.18. The van der Waals surface area contributed by atoms with Crippen LogP contribution in [0.25, 0.3) is 10.1 Å². The molecule has 1 N–H and O–H groups in total. The fourth-order valence-corrected chi connectivity index (χ4v) is 3.32. The van der Waals surface area contributed by atoms with Gasteiger partial charge in [0.1, 0.15) is 16.5 Å². The van der Waals surface area contributed by atoms with Crippen molar-refractivity contribution < 1.29 is 4.74 Å². The number of hydrogen-bond acceptors (Lipinski definition) is 4. The number of aliphatic imine (C=N–C) groups is 1. The van der Waals surface area contributed by atoms with E-state index in [0.29, 0.717) is 0 Å². The smallest absolute Gasteiger partial charge is 0.148 e. The van der Waals surface area contributed by atoms with E-state index in [1.807, 2.05) is 0 Å². The van der Waals surface area contributed by atoms with Crippen molar-refractivity contribution in [1.82, 2.24) is 5.32 Å². The summed E-state index contributed by atoms with van der Waals surface area (Å²) in [6.07, 6.45) is 2.24. The van der Waals surface area contributed by atoms with Gasteiger partial charge in [0.25, 0.3) is 0 Å². The molecule has 0 saturated carbocycles. The summed E-state index contributed by atoms with van der Waals surface area (Å²) in [5, 5.41) is 4.55. The van der Waals surface area contributed by atoms with Crippen LogP contribution < -0.4 is 10.1 Å². The molecule has 0 aliphatic carbocycles. The molecule has 1 aromatic carbocycles. The molecule has 0 spiro atoms. The predicted octanol–water partition coefficient (Wildman–Crippen LogP) is 3.43. The number of nitrogens with one attached hydrogen (secondary N) is 1. The van der Waals surface area contributed by atoms with Crippen molar-refractivity contribution in [2.75, 3.05) is 19.7 Å². The van der Waals surface area contributed by atoms with Gasteiger partial charge in [-0.05, 0) is 18.6 Å². The number of benzene rings is 1. The normalized spacial score (nSPS) is 14.5. The topological polar surface area (TPSA) is 33.6 Å². The first-order chi connectivity index (χ1) is 9.40. The lowest BCUT2D eigenvalue weighted by Crippen LogP contribution is -2.19. The van der Waals surface area contributed by atoms with Crippen molar-refractivity contribution in [2.45, 2.75) is 19.8 Å². The Bertz CT molecular complexity index is 603. The third-order valence-corrected chi connectivity index (χ3v) is 4.34. The quantitative estimate of drug-likeness (QED) is 0.847. The molecule has 0 saturated heterocycles. The van der Waals surface area contributed by atoms with Gasteiger partial charge in [-0.15, -0.1) is 11.3 Å². The first kappa shape index (κ1) is 12.5. The van der Waals surface area contributed by atoms with Crippen LogP contribution in [0, 0.1) is 0 Å². The van der Waals surface area contributed by atoms with Crippen molar-refractivity contribution in [3.8, 4) is 5.75 Å².